The van der Waals surface area contributed by atoms with Gasteiger partial charge < -0.3 is 15.3 Å². The van der Waals surface area contributed by atoms with E-state index in [1.165, 1.54) is 0 Å². The molecule has 0 bridgehead atoms. The van der Waals surface area contributed by atoms with Crippen molar-refractivity contribution in [3.63, 3.8) is 0 Å². The summed E-state index contributed by atoms with van der Waals surface area (Å²) in [5.41, 5.74) is -0.562. The summed E-state index contributed by atoms with van der Waals surface area (Å²) in [5.74, 6) is 0.687. The average Bonchev–Trinajstić information content (AvgIpc) is 2.24. The van der Waals surface area contributed by atoms with Crippen molar-refractivity contribution in [3.05, 3.63) is 0 Å². The first-order valence-corrected chi connectivity index (χ1v) is 6.56. The maximum Gasteiger partial charge on any atom is 0.216 e. The largest absolute Gasteiger partial charge is 0.390 e. The maximum absolute atomic E-state index is 10.8. The Bertz CT molecular complexity index is 240. The number of aliphatic hydroxyl groups is 1. The second-order valence-corrected chi connectivity index (χ2v) is 5.78. The number of hydrogen-bond acceptors (Lipinski definition) is 3. The topological polar surface area (TPSA) is 52.6 Å². The number of rotatable bonds is 5. The van der Waals surface area contributed by atoms with E-state index in [-0.39, 0.29) is 5.91 Å². The van der Waals surface area contributed by atoms with Crippen LogP contribution in [-0.4, -0.2) is 47.7 Å². The van der Waals surface area contributed by atoms with Crippen LogP contribution in [0.5, 0.6) is 0 Å². The van der Waals surface area contributed by atoms with Gasteiger partial charge in [-0.2, -0.15) is 0 Å². The Labute approximate surface area is 104 Å². The van der Waals surface area contributed by atoms with E-state index in [1.807, 2.05) is 13.8 Å². The third kappa shape index (κ3) is 6.64. The van der Waals surface area contributed by atoms with Crippen molar-refractivity contribution in [2.24, 2.45) is 5.92 Å². The molecule has 0 aliphatic carbocycles. The van der Waals surface area contributed by atoms with Crippen LogP contribution in [0.2, 0.25) is 0 Å². The standard InChI is InChI=1S/C13H26N2O2/c1-11(16)14-10-12-4-7-15(8-5-12)9-6-13(2,3)17/h12,17H,4-10H2,1-3H3,(H,14,16). The number of hydrogen-bond donors (Lipinski definition) is 2. The summed E-state index contributed by atoms with van der Waals surface area (Å²) in [6.07, 6.45) is 3.11. The second kappa shape index (κ2) is 6.36. The molecule has 2 N–H and O–H groups in total. The molecular formula is C13H26N2O2. The van der Waals surface area contributed by atoms with Gasteiger partial charge in [0.05, 0.1) is 5.60 Å². The molecule has 100 valence electrons. The minimum absolute atomic E-state index is 0.0643. The summed E-state index contributed by atoms with van der Waals surface area (Å²) in [5, 5.41) is 12.6. The fourth-order valence-electron chi connectivity index (χ4n) is 2.13. The molecule has 0 radical (unpaired) electrons. The van der Waals surface area contributed by atoms with Crippen LogP contribution < -0.4 is 5.32 Å². The third-order valence-electron chi connectivity index (χ3n) is 3.39. The van der Waals surface area contributed by atoms with Crippen LogP contribution in [0.15, 0.2) is 0 Å². The van der Waals surface area contributed by atoms with E-state index in [4.69, 9.17) is 0 Å². The Morgan fingerprint density at radius 1 is 1.41 bits per heavy atom. The first-order valence-electron chi connectivity index (χ1n) is 6.56. The first kappa shape index (κ1) is 14.5. The zero-order valence-electron chi connectivity index (χ0n) is 11.3. The molecule has 1 amide bonds. The summed E-state index contributed by atoms with van der Waals surface area (Å²) >= 11 is 0. The number of piperidine rings is 1. The molecule has 0 aromatic heterocycles. The molecule has 1 fully saturated rings. The van der Waals surface area contributed by atoms with Crippen LogP contribution >= 0.6 is 0 Å². The lowest BCUT2D eigenvalue weighted by molar-refractivity contribution is -0.119. The third-order valence-corrected chi connectivity index (χ3v) is 3.39. The Kier molecular flexibility index (Phi) is 5.40. The van der Waals surface area contributed by atoms with Crippen molar-refractivity contribution in [2.75, 3.05) is 26.2 Å². The van der Waals surface area contributed by atoms with Crippen molar-refractivity contribution in [2.45, 2.75) is 45.6 Å². The maximum atomic E-state index is 10.8. The molecule has 0 spiro atoms. The van der Waals surface area contributed by atoms with Gasteiger partial charge in [-0.05, 0) is 52.1 Å². The highest BCUT2D eigenvalue weighted by Crippen LogP contribution is 2.18. The molecule has 1 aliphatic rings. The van der Waals surface area contributed by atoms with Gasteiger partial charge in [0.2, 0.25) is 5.91 Å². The van der Waals surface area contributed by atoms with Gasteiger partial charge in [0, 0.05) is 20.0 Å². The quantitative estimate of drug-likeness (QED) is 0.756. The summed E-state index contributed by atoms with van der Waals surface area (Å²) in [7, 11) is 0. The Morgan fingerprint density at radius 3 is 2.47 bits per heavy atom. The molecule has 1 aliphatic heterocycles. The zero-order valence-corrected chi connectivity index (χ0v) is 11.3. The Morgan fingerprint density at radius 2 is 2.00 bits per heavy atom. The van der Waals surface area contributed by atoms with Crippen molar-refractivity contribution in [3.8, 4) is 0 Å². The highest BCUT2D eigenvalue weighted by atomic mass is 16.3. The van der Waals surface area contributed by atoms with Gasteiger partial charge in [-0.25, -0.2) is 0 Å². The van der Waals surface area contributed by atoms with E-state index in [2.05, 4.69) is 10.2 Å². The summed E-state index contributed by atoms with van der Waals surface area (Å²) in [4.78, 5) is 13.2. The van der Waals surface area contributed by atoms with Gasteiger partial charge in [0.15, 0.2) is 0 Å². The highest BCUT2D eigenvalue weighted by Gasteiger charge is 2.21. The molecule has 0 unspecified atom stereocenters. The molecule has 4 heteroatoms. The fourth-order valence-corrected chi connectivity index (χ4v) is 2.13. The number of likely N-dealkylation sites (tertiary alicyclic amines) is 1. The lowest BCUT2D eigenvalue weighted by atomic mass is 9.96. The van der Waals surface area contributed by atoms with Crippen LogP contribution in [0, 0.1) is 5.92 Å². The van der Waals surface area contributed by atoms with Gasteiger partial charge in [0.1, 0.15) is 0 Å². The molecule has 0 aromatic carbocycles. The number of carbonyl (C=O) groups excluding carboxylic acids is 1. The second-order valence-electron chi connectivity index (χ2n) is 5.78. The van der Waals surface area contributed by atoms with Crippen LogP contribution in [-0.2, 0) is 4.79 Å². The minimum Gasteiger partial charge on any atom is -0.390 e. The smallest absolute Gasteiger partial charge is 0.216 e. The normalized spacial score (nSPS) is 19.3. The Balaban J connectivity index is 2.15. The van der Waals surface area contributed by atoms with Gasteiger partial charge in [-0.1, -0.05) is 0 Å². The molecule has 1 rings (SSSR count). The number of carbonyl (C=O) groups is 1. The van der Waals surface area contributed by atoms with Gasteiger partial charge in [-0.15, -0.1) is 0 Å². The van der Waals surface area contributed by atoms with Crippen molar-refractivity contribution in [1.82, 2.24) is 10.2 Å². The van der Waals surface area contributed by atoms with E-state index in [1.54, 1.807) is 6.92 Å². The van der Waals surface area contributed by atoms with E-state index in [0.717, 1.165) is 45.4 Å². The van der Waals surface area contributed by atoms with Crippen molar-refractivity contribution < 1.29 is 9.90 Å². The molecule has 0 saturated carbocycles. The molecule has 0 aromatic rings. The Hall–Kier alpha value is -0.610. The van der Waals surface area contributed by atoms with Crippen molar-refractivity contribution >= 4 is 5.91 Å². The van der Waals surface area contributed by atoms with E-state index in [0.29, 0.717) is 5.92 Å². The molecule has 4 nitrogen and oxygen atoms in total. The minimum atomic E-state index is -0.562. The number of amides is 1. The van der Waals surface area contributed by atoms with Gasteiger partial charge in [-0.3, -0.25) is 4.79 Å². The van der Waals surface area contributed by atoms with Crippen LogP contribution in [0.4, 0.5) is 0 Å². The SMILES string of the molecule is CC(=O)NCC1CCN(CCC(C)(C)O)CC1. The van der Waals surface area contributed by atoms with Crippen LogP contribution in [0.3, 0.4) is 0 Å². The molecule has 0 atom stereocenters. The monoisotopic (exact) mass is 242 g/mol. The predicted octanol–water partition coefficient (Wildman–Crippen LogP) is 0.995. The lowest BCUT2D eigenvalue weighted by Gasteiger charge is -2.33. The summed E-state index contributed by atoms with van der Waals surface area (Å²) < 4.78 is 0. The van der Waals surface area contributed by atoms with Gasteiger partial charge in [0.25, 0.3) is 0 Å². The summed E-state index contributed by atoms with van der Waals surface area (Å²) in [6, 6.07) is 0. The lowest BCUT2D eigenvalue weighted by Crippen LogP contribution is -2.40. The first-order chi connectivity index (χ1) is 7.87. The van der Waals surface area contributed by atoms with Crippen LogP contribution in [0.25, 0.3) is 0 Å². The molecule has 17 heavy (non-hydrogen) atoms. The zero-order chi connectivity index (χ0) is 12.9. The van der Waals surface area contributed by atoms with E-state index < -0.39 is 5.60 Å². The molecule has 1 heterocycles. The molecule has 1 saturated heterocycles. The average molecular weight is 242 g/mol. The van der Waals surface area contributed by atoms with E-state index in [9.17, 15) is 9.90 Å². The van der Waals surface area contributed by atoms with Crippen molar-refractivity contribution in [1.29, 1.82) is 0 Å². The van der Waals surface area contributed by atoms with Gasteiger partial charge >= 0.3 is 0 Å². The highest BCUT2D eigenvalue weighted by molar-refractivity contribution is 5.72. The summed E-state index contributed by atoms with van der Waals surface area (Å²) in [6.45, 7) is 9.23. The van der Waals surface area contributed by atoms with Crippen LogP contribution in [0.1, 0.15) is 40.0 Å². The van der Waals surface area contributed by atoms with E-state index >= 15 is 0 Å². The fraction of sp³-hybridized carbons (Fsp3) is 0.923. The predicted molar refractivity (Wildman–Crippen MR) is 68.8 cm³/mol. The molecular weight excluding hydrogens is 216 g/mol. The number of nitrogens with zero attached hydrogens (tertiary/aromatic N) is 1. The number of nitrogens with one attached hydrogen (secondary N) is 1.